The summed E-state index contributed by atoms with van der Waals surface area (Å²) in [7, 11) is 0. The van der Waals surface area contributed by atoms with Crippen LogP contribution in [0.3, 0.4) is 0 Å². The lowest BCUT2D eigenvalue weighted by molar-refractivity contribution is -0.389. The van der Waals surface area contributed by atoms with E-state index in [2.05, 4.69) is 9.72 Å². The topological polar surface area (TPSA) is 89.0 Å². The number of nitrogens with zero attached hydrogens (tertiary/aromatic N) is 3. The van der Waals surface area contributed by atoms with Crippen LogP contribution in [-0.4, -0.2) is 16.3 Å². The first-order valence-corrected chi connectivity index (χ1v) is 4.74. The van der Waals surface area contributed by atoms with Gasteiger partial charge in [-0.05, 0) is 0 Å². The third kappa shape index (κ3) is 3.50. The second-order valence-corrected chi connectivity index (χ2v) is 3.28. The molecule has 0 spiro atoms. The number of hydrogen-bond acceptors (Lipinski definition) is 5. The fraction of sp³-hybridized carbons (Fsp3) is 0.333. The fourth-order valence-electron chi connectivity index (χ4n) is 1.38. The van der Waals surface area contributed by atoms with Gasteiger partial charge in [-0.15, -0.1) is 13.2 Å². The Morgan fingerprint density at radius 1 is 1.50 bits per heavy atom. The van der Waals surface area contributed by atoms with Crippen LogP contribution < -0.4 is 4.74 Å². The molecule has 0 aliphatic rings. The summed E-state index contributed by atoms with van der Waals surface area (Å²) in [4.78, 5) is 12.4. The Bertz CT molecular complexity index is 567. The largest absolute Gasteiger partial charge is 0.573 e. The van der Waals surface area contributed by atoms with Crippen LogP contribution >= 0.6 is 0 Å². The Balaban J connectivity index is 3.52. The van der Waals surface area contributed by atoms with Crippen LogP contribution in [0.25, 0.3) is 0 Å². The number of halogens is 5. The van der Waals surface area contributed by atoms with Gasteiger partial charge in [0.15, 0.2) is 0 Å². The molecular weight excluding hydrogens is 293 g/mol. The van der Waals surface area contributed by atoms with Gasteiger partial charge >= 0.3 is 12.0 Å². The zero-order valence-electron chi connectivity index (χ0n) is 9.32. The molecule has 1 aromatic rings. The third-order valence-corrected chi connectivity index (χ3v) is 2.02. The monoisotopic (exact) mass is 297 g/mol. The minimum absolute atomic E-state index is 0.175. The molecule has 0 radical (unpaired) electrons. The van der Waals surface area contributed by atoms with Crippen LogP contribution in [0.4, 0.5) is 27.6 Å². The average Bonchev–Trinajstić information content (AvgIpc) is 2.26. The lowest BCUT2D eigenvalue weighted by atomic mass is 10.1. The molecule has 0 bridgehead atoms. The maximum Gasteiger partial charge on any atom is 0.573 e. The van der Waals surface area contributed by atoms with Gasteiger partial charge in [0.25, 0.3) is 6.43 Å². The van der Waals surface area contributed by atoms with E-state index in [-0.39, 0.29) is 6.20 Å². The van der Waals surface area contributed by atoms with Crippen LogP contribution in [0, 0.1) is 21.4 Å². The van der Waals surface area contributed by atoms with E-state index in [0.717, 1.165) is 0 Å². The van der Waals surface area contributed by atoms with Crippen molar-refractivity contribution in [1.82, 2.24) is 4.98 Å². The van der Waals surface area contributed by atoms with Crippen LogP contribution in [0.5, 0.6) is 5.75 Å². The summed E-state index contributed by atoms with van der Waals surface area (Å²) in [5.74, 6) is -1.35. The van der Waals surface area contributed by atoms with E-state index < -0.39 is 46.8 Å². The number of nitro groups is 1. The lowest BCUT2D eigenvalue weighted by Crippen LogP contribution is -2.19. The van der Waals surface area contributed by atoms with E-state index >= 15 is 0 Å². The molecule has 0 unspecified atom stereocenters. The van der Waals surface area contributed by atoms with Crippen LogP contribution in [-0.2, 0) is 6.42 Å². The van der Waals surface area contributed by atoms with Gasteiger partial charge in [0, 0.05) is 0 Å². The van der Waals surface area contributed by atoms with Crippen LogP contribution in [0.15, 0.2) is 6.20 Å². The van der Waals surface area contributed by atoms with Crippen molar-refractivity contribution >= 4 is 5.69 Å². The summed E-state index contributed by atoms with van der Waals surface area (Å²) in [6, 6.07) is 1.35. The average molecular weight is 297 g/mol. The second-order valence-electron chi connectivity index (χ2n) is 3.28. The molecule has 0 saturated heterocycles. The number of nitriles is 1. The van der Waals surface area contributed by atoms with Gasteiger partial charge in [-0.2, -0.15) is 5.26 Å². The Kier molecular flexibility index (Phi) is 4.38. The molecule has 0 aliphatic heterocycles. The quantitative estimate of drug-likeness (QED) is 0.484. The lowest BCUT2D eigenvalue weighted by Gasteiger charge is -2.12. The molecule has 0 saturated carbocycles. The maximum atomic E-state index is 12.6. The highest BCUT2D eigenvalue weighted by atomic mass is 19.4. The SMILES string of the molecule is N#CCc1c(C(F)F)ncc(OC(F)(F)F)c1[N+](=O)[O-]. The number of aromatic nitrogens is 1. The minimum atomic E-state index is -5.26. The van der Waals surface area contributed by atoms with Crippen molar-refractivity contribution in [3.8, 4) is 11.8 Å². The van der Waals surface area contributed by atoms with Crippen molar-refractivity contribution < 1.29 is 31.6 Å². The normalized spacial score (nSPS) is 11.2. The summed E-state index contributed by atoms with van der Waals surface area (Å²) in [6.45, 7) is 0. The minimum Gasteiger partial charge on any atom is -0.397 e. The molecule has 1 rings (SSSR count). The standard InChI is InChI=1S/C9H4F5N3O3/c10-8(11)6-4(1-2-15)7(17(18)19)5(3-16-6)20-9(12,13)14/h3,8H,1H2. The smallest absolute Gasteiger partial charge is 0.397 e. The van der Waals surface area contributed by atoms with E-state index in [4.69, 9.17) is 5.26 Å². The Hall–Kier alpha value is -2.51. The summed E-state index contributed by atoms with van der Waals surface area (Å²) in [5.41, 5.74) is -3.39. The van der Waals surface area contributed by atoms with E-state index in [1.54, 1.807) is 0 Å². The van der Waals surface area contributed by atoms with E-state index in [0.29, 0.717) is 0 Å². The first kappa shape index (κ1) is 15.5. The van der Waals surface area contributed by atoms with Gasteiger partial charge in [-0.3, -0.25) is 15.1 Å². The number of hydrogen-bond donors (Lipinski definition) is 0. The molecule has 0 atom stereocenters. The highest BCUT2D eigenvalue weighted by Crippen LogP contribution is 2.38. The fourth-order valence-corrected chi connectivity index (χ4v) is 1.38. The maximum absolute atomic E-state index is 12.6. The first-order valence-electron chi connectivity index (χ1n) is 4.74. The number of pyridine rings is 1. The number of ether oxygens (including phenoxy) is 1. The zero-order chi connectivity index (χ0) is 15.5. The van der Waals surface area contributed by atoms with Gasteiger partial charge in [0.1, 0.15) is 5.69 Å². The summed E-state index contributed by atoms with van der Waals surface area (Å²) in [6.07, 6.45) is -9.27. The number of alkyl halides is 5. The predicted octanol–water partition coefficient (Wildman–Crippen LogP) is 2.89. The third-order valence-electron chi connectivity index (χ3n) is 2.02. The Morgan fingerprint density at radius 2 is 2.10 bits per heavy atom. The van der Waals surface area contributed by atoms with Gasteiger partial charge < -0.3 is 4.74 Å². The molecule has 0 aliphatic carbocycles. The predicted molar refractivity (Wildman–Crippen MR) is 51.8 cm³/mol. The highest BCUT2D eigenvalue weighted by Gasteiger charge is 2.37. The molecular formula is C9H4F5N3O3. The van der Waals surface area contributed by atoms with Gasteiger partial charge in [-0.1, -0.05) is 0 Å². The molecule has 1 aromatic heterocycles. The molecule has 11 heteroatoms. The molecule has 108 valence electrons. The summed E-state index contributed by atoms with van der Waals surface area (Å²) in [5, 5.41) is 19.2. The number of rotatable bonds is 4. The first-order chi connectivity index (χ1) is 9.17. The molecule has 0 N–H and O–H groups in total. The van der Waals surface area contributed by atoms with Crippen molar-refractivity contribution in [3.63, 3.8) is 0 Å². The van der Waals surface area contributed by atoms with Crippen molar-refractivity contribution in [2.45, 2.75) is 19.2 Å². The van der Waals surface area contributed by atoms with Gasteiger partial charge in [0.2, 0.25) is 5.75 Å². The summed E-state index contributed by atoms with van der Waals surface area (Å²) >= 11 is 0. The van der Waals surface area contributed by atoms with Crippen molar-refractivity contribution in [2.24, 2.45) is 0 Å². The van der Waals surface area contributed by atoms with Crippen LogP contribution in [0.2, 0.25) is 0 Å². The highest BCUT2D eigenvalue weighted by molar-refractivity contribution is 5.54. The zero-order valence-corrected chi connectivity index (χ0v) is 9.32. The molecule has 20 heavy (non-hydrogen) atoms. The van der Waals surface area contributed by atoms with Crippen LogP contribution in [0.1, 0.15) is 17.7 Å². The Labute approximate surface area is 107 Å². The van der Waals surface area contributed by atoms with Gasteiger partial charge in [-0.25, -0.2) is 8.78 Å². The van der Waals surface area contributed by atoms with E-state index in [9.17, 15) is 32.1 Å². The molecule has 0 fully saturated rings. The van der Waals surface area contributed by atoms with E-state index in [1.165, 1.54) is 6.07 Å². The molecule has 1 heterocycles. The molecule has 0 aromatic carbocycles. The second kappa shape index (κ2) is 5.64. The van der Waals surface area contributed by atoms with Crippen molar-refractivity contribution in [3.05, 3.63) is 27.6 Å². The molecule has 0 amide bonds. The van der Waals surface area contributed by atoms with Crippen molar-refractivity contribution in [1.29, 1.82) is 5.26 Å². The van der Waals surface area contributed by atoms with Gasteiger partial charge in [0.05, 0.1) is 29.2 Å². The molecule has 6 nitrogen and oxygen atoms in total. The Morgan fingerprint density at radius 3 is 2.50 bits per heavy atom. The van der Waals surface area contributed by atoms with E-state index in [1.807, 2.05) is 0 Å². The van der Waals surface area contributed by atoms with Crippen molar-refractivity contribution in [2.75, 3.05) is 0 Å². The summed E-state index contributed by atoms with van der Waals surface area (Å²) < 4.78 is 64.8.